The largest absolute Gasteiger partial charge is 0.369 e. The Labute approximate surface area is 137 Å². The molecule has 0 fully saturated rings. The molecule has 23 heavy (non-hydrogen) atoms. The number of aryl methyl sites for hydroxylation is 1. The van der Waals surface area contributed by atoms with E-state index in [1.807, 2.05) is 19.9 Å². The van der Waals surface area contributed by atoms with Gasteiger partial charge < -0.3 is 10.6 Å². The number of benzene rings is 1. The third-order valence-electron chi connectivity index (χ3n) is 3.68. The van der Waals surface area contributed by atoms with Gasteiger partial charge in [0.2, 0.25) is 0 Å². The summed E-state index contributed by atoms with van der Waals surface area (Å²) in [6.07, 6.45) is 2.93. The summed E-state index contributed by atoms with van der Waals surface area (Å²) in [6, 6.07) is 14.0. The summed E-state index contributed by atoms with van der Waals surface area (Å²) in [5.74, 6) is 0.514. The van der Waals surface area contributed by atoms with Crippen molar-refractivity contribution in [2.24, 2.45) is 0 Å². The number of hydrogen-bond donors (Lipinski definition) is 2. The van der Waals surface area contributed by atoms with E-state index >= 15 is 0 Å². The summed E-state index contributed by atoms with van der Waals surface area (Å²) >= 11 is 0. The van der Waals surface area contributed by atoms with Gasteiger partial charge in [-0.1, -0.05) is 37.3 Å². The molecule has 0 bridgehead atoms. The fourth-order valence-corrected chi connectivity index (χ4v) is 2.10. The lowest BCUT2D eigenvalue weighted by molar-refractivity contribution is 0.0933. The Morgan fingerprint density at radius 1 is 1.13 bits per heavy atom. The third-order valence-corrected chi connectivity index (χ3v) is 3.68. The van der Waals surface area contributed by atoms with Crippen molar-refractivity contribution in [3.8, 4) is 0 Å². The van der Waals surface area contributed by atoms with E-state index in [1.165, 1.54) is 5.56 Å². The Kier molecular flexibility index (Phi) is 6.54. The molecule has 1 aromatic heterocycles. The fraction of sp³-hybridized carbons (Fsp3) is 0.389. The van der Waals surface area contributed by atoms with Gasteiger partial charge in [-0.2, -0.15) is 0 Å². The molecule has 1 atom stereocenters. The van der Waals surface area contributed by atoms with Gasteiger partial charge in [-0.3, -0.25) is 4.79 Å². The second kappa shape index (κ2) is 8.88. The van der Waals surface area contributed by atoms with Crippen LogP contribution in [0.4, 0.5) is 5.82 Å². The molecule has 1 unspecified atom stereocenters. The molecule has 5 nitrogen and oxygen atoms in total. The van der Waals surface area contributed by atoms with Crippen molar-refractivity contribution in [2.45, 2.75) is 39.2 Å². The van der Waals surface area contributed by atoms with Gasteiger partial charge in [-0.25, -0.2) is 0 Å². The molecular formula is C18H24N4O. The van der Waals surface area contributed by atoms with E-state index in [-0.39, 0.29) is 11.9 Å². The number of carbonyl (C=O) groups is 1. The van der Waals surface area contributed by atoms with Gasteiger partial charge in [0, 0.05) is 12.6 Å². The monoisotopic (exact) mass is 312 g/mol. The van der Waals surface area contributed by atoms with Crippen LogP contribution in [0.25, 0.3) is 0 Å². The topological polar surface area (TPSA) is 66.9 Å². The van der Waals surface area contributed by atoms with Gasteiger partial charge in [-0.05, 0) is 43.9 Å². The van der Waals surface area contributed by atoms with Gasteiger partial charge in [0.25, 0.3) is 5.91 Å². The molecule has 0 saturated carbocycles. The Bertz CT molecular complexity index is 598. The molecule has 1 aromatic carbocycles. The maximum atomic E-state index is 11.9. The van der Waals surface area contributed by atoms with Crippen LogP contribution >= 0.6 is 0 Å². The van der Waals surface area contributed by atoms with Crippen molar-refractivity contribution in [1.29, 1.82) is 0 Å². The first kappa shape index (κ1) is 16.9. The van der Waals surface area contributed by atoms with E-state index in [2.05, 4.69) is 45.1 Å². The summed E-state index contributed by atoms with van der Waals surface area (Å²) < 4.78 is 0. The number of anilines is 1. The minimum Gasteiger partial charge on any atom is -0.369 e. The number of nitrogens with one attached hydrogen (secondary N) is 2. The number of aromatic nitrogens is 2. The summed E-state index contributed by atoms with van der Waals surface area (Å²) in [4.78, 5) is 11.9. The molecular weight excluding hydrogens is 288 g/mol. The number of rotatable bonds is 8. The number of amides is 1. The average Bonchev–Trinajstić information content (AvgIpc) is 2.60. The zero-order chi connectivity index (χ0) is 16.5. The molecule has 2 rings (SSSR count). The quantitative estimate of drug-likeness (QED) is 0.735. The maximum absolute atomic E-state index is 11.9. The second-order valence-corrected chi connectivity index (χ2v) is 5.60. The Balaban J connectivity index is 1.75. The number of hydrogen-bond acceptors (Lipinski definition) is 4. The highest BCUT2D eigenvalue weighted by Gasteiger charge is 2.10. The van der Waals surface area contributed by atoms with Crippen molar-refractivity contribution in [3.05, 3.63) is 53.7 Å². The summed E-state index contributed by atoms with van der Waals surface area (Å²) in [5, 5.41) is 14.1. The molecule has 0 aliphatic heterocycles. The van der Waals surface area contributed by atoms with Gasteiger partial charge in [0.15, 0.2) is 5.69 Å². The van der Waals surface area contributed by atoms with Gasteiger partial charge in [0.05, 0.1) is 0 Å². The number of nitrogens with zero attached hydrogens (tertiary/aromatic N) is 2. The van der Waals surface area contributed by atoms with Crippen LogP contribution in [-0.4, -0.2) is 28.7 Å². The molecule has 0 saturated heterocycles. The zero-order valence-corrected chi connectivity index (χ0v) is 13.7. The van der Waals surface area contributed by atoms with Crippen molar-refractivity contribution >= 4 is 11.7 Å². The smallest absolute Gasteiger partial charge is 0.272 e. The third kappa shape index (κ3) is 5.70. The van der Waals surface area contributed by atoms with Crippen molar-refractivity contribution in [3.63, 3.8) is 0 Å². The second-order valence-electron chi connectivity index (χ2n) is 5.60. The summed E-state index contributed by atoms with van der Waals surface area (Å²) in [5.41, 5.74) is 1.68. The molecule has 1 heterocycles. The summed E-state index contributed by atoms with van der Waals surface area (Å²) in [7, 11) is 0. The Morgan fingerprint density at radius 3 is 2.57 bits per heavy atom. The van der Waals surface area contributed by atoms with Crippen LogP contribution < -0.4 is 10.6 Å². The van der Waals surface area contributed by atoms with Crippen LogP contribution in [0.5, 0.6) is 0 Å². The molecule has 0 radical (unpaired) electrons. The highest BCUT2D eigenvalue weighted by molar-refractivity contribution is 5.92. The van der Waals surface area contributed by atoms with E-state index in [4.69, 9.17) is 0 Å². The van der Waals surface area contributed by atoms with Crippen LogP contribution in [0.3, 0.4) is 0 Å². The van der Waals surface area contributed by atoms with Crippen LogP contribution in [-0.2, 0) is 6.42 Å². The first-order chi connectivity index (χ1) is 11.2. The minimum absolute atomic E-state index is 0.139. The first-order valence-electron chi connectivity index (χ1n) is 8.11. The lowest BCUT2D eigenvalue weighted by atomic mass is 10.1. The van der Waals surface area contributed by atoms with E-state index < -0.39 is 0 Å². The van der Waals surface area contributed by atoms with E-state index in [0.717, 1.165) is 25.8 Å². The normalized spacial score (nSPS) is 11.7. The molecule has 1 amide bonds. The van der Waals surface area contributed by atoms with Crippen LogP contribution in [0.15, 0.2) is 42.5 Å². The molecule has 0 aliphatic carbocycles. The van der Waals surface area contributed by atoms with E-state index in [9.17, 15) is 4.79 Å². The predicted molar refractivity (Wildman–Crippen MR) is 92.5 cm³/mol. The van der Waals surface area contributed by atoms with Crippen molar-refractivity contribution in [2.75, 3.05) is 11.9 Å². The Hall–Kier alpha value is -2.43. The van der Waals surface area contributed by atoms with E-state index in [0.29, 0.717) is 11.5 Å². The molecule has 0 aliphatic rings. The zero-order valence-electron chi connectivity index (χ0n) is 13.7. The van der Waals surface area contributed by atoms with Gasteiger partial charge >= 0.3 is 0 Å². The highest BCUT2D eigenvalue weighted by atomic mass is 16.2. The average molecular weight is 312 g/mol. The first-order valence-corrected chi connectivity index (χ1v) is 8.11. The maximum Gasteiger partial charge on any atom is 0.272 e. The van der Waals surface area contributed by atoms with Crippen LogP contribution in [0.1, 0.15) is 42.7 Å². The van der Waals surface area contributed by atoms with Gasteiger partial charge in [0.1, 0.15) is 5.82 Å². The molecule has 0 spiro atoms. The molecule has 5 heteroatoms. The van der Waals surface area contributed by atoms with Crippen molar-refractivity contribution < 1.29 is 4.79 Å². The number of carbonyl (C=O) groups excluding carboxylic acids is 1. The highest BCUT2D eigenvalue weighted by Crippen LogP contribution is 2.05. The van der Waals surface area contributed by atoms with Crippen LogP contribution in [0.2, 0.25) is 0 Å². The lowest BCUT2D eigenvalue weighted by Crippen LogP contribution is -2.32. The summed E-state index contributed by atoms with van der Waals surface area (Å²) in [6.45, 7) is 4.81. The minimum atomic E-state index is -0.178. The molecule has 2 N–H and O–H groups in total. The van der Waals surface area contributed by atoms with Gasteiger partial charge in [-0.15, -0.1) is 10.2 Å². The molecule has 122 valence electrons. The fourth-order valence-electron chi connectivity index (χ4n) is 2.10. The SMILES string of the molecule is CCC(C)NC(=O)c1ccc(NCCCc2ccccc2)nn1. The molecule has 2 aromatic rings. The predicted octanol–water partition coefficient (Wildman–Crippen LogP) is 3.05. The van der Waals surface area contributed by atoms with E-state index in [1.54, 1.807) is 12.1 Å². The Morgan fingerprint density at radius 2 is 1.91 bits per heavy atom. The lowest BCUT2D eigenvalue weighted by Gasteiger charge is -2.10. The standard InChI is InChI=1S/C18H24N4O/c1-3-14(2)20-18(23)16-11-12-17(22-21-16)19-13-7-10-15-8-5-4-6-9-15/h4-6,8-9,11-12,14H,3,7,10,13H2,1-2H3,(H,19,22)(H,20,23). The van der Waals surface area contributed by atoms with Crippen LogP contribution in [0, 0.1) is 0 Å². The van der Waals surface area contributed by atoms with Crippen molar-refractivity contribution in [1.82, 2.24) is 15.5 Å².